The molecule has 1 aliphatic heterocycles. The third-order valence-electron chi connectivity index (χ3n) is 5.30. The number of carbonyl (C=O) groups is 1. The Morgan fingerprint density at radius 1 is 1.06 bits per heavy atom. The molecule has 0 N–H and O–H groups in total. The molecule has 6 nitrogen and oxygen atoms in total. The Morgan fingerprint density at radius 2 is 1.88 bits per heavy atom. The maximum absolute atomic E-state index is 14.0. The number of fused-ring (bicyclic) bond motifs is 1. The molecule has 2 aromatic heterocycles. The number of amides is 1. The van der Waals surface area contributed by atoms with Crippen molar-refractivity contribution in [3.8, 4) is 22.9 Å². The van der Waals surface area contributed by atoms with Crippen molar-refractivity contribution in [2.24, 2.45) is 7.05 Å². The van der Waals surface area contributed by atoms with Gasteiger partial charge in [-0.15, -0.1) is 0 Å². The Morgan fingerprint density at radius 3 is 2.62 bits per heavy atom. The summed E-state index contributed by atoms with van der Waals surface area (Å²) in [5.41, 5.74) is 3.81. The predicted molar refractivity (Wildman–Crippen MR) is 113 cm³/mol. The number of pyridine rings is 1. The molecule has 0 unspecified atom stereocenters. The average Bonchev–Trinajstić information content (AvgIpc) is 3.35. The van der Waals surface area contributed by atoms with Crippen molar-refractivity contribution in [3.63, 3.8) is 0 Å². The quantitative estimate of drug-likeness (QED) is 0.458. The largest absolute Gasteiger partial charge is 0.435 e. The summed E-state index contributed by atoms with van der Waals surface area (Å²) in [6, 6.07) is 14.4. The Balaban J connectivity index is 1.35. The van der Waals surface area contributed by atoms with Gasteiger partial charge in [-0.05, 0) is 35.4 Å². The van der Waals surface area contributed by atoms with Crippen molar-refractivity contribution < 1.29 is 18.3 Å². The van der Waals surface area contributed by atoms with Crippen molar-refractivity contribution in [2.45, 2.75) is 13.1 Å². The molecule has 160 valence electrons. The molecular weight excluding hydrogens is 414 g/mol. The van der Waals surface area contributed by atoms with Gasteiger partial charge in [-0.2, -0.15) is 5.10 Å². The summed E-state index contributed by atoms with van der Waals surface area (Å²) in [4.78, 5) is 18.8. The standard InChI is InChI=1S/C24H18F2N4O2/c1-29-11-9-20(28-29)16-4-2-15(3-5-16)13-30-14-17-8-10-27-23(22(17)24(30)31)32-21-12-18(25)6-7-19(21)26/h2-12H,13-14H2,1H3. The van der Waals surface area contributed by atoms with E-state index >= 15 is 0 Å². The zero-order valence-electron chi connectivity index (χ0n) is 17.1. The van der Waals surface area contributed by atoms with Crippen LogP contribution in [-0.4, -0.2) is 25.6 Å². The van der Waals surface area contributed by atoms with Crippen LogP contribution in [0.4, 0.5) is 8.78 Å². The molecule has 0 saturated heterocycles. The van der Waals surface area contributed by atoms with Gasteiger partial charge in [0.2, 0.25) is 5.88 Å². The van der Waals surface area contributed by atoms with Crippen LogP contribution in [0.3, 0.4) is 0 Å². The molecule has 1 amide bonds. The molecule has 0 fully saturated rings. The highest BCUT2D eigenvalue weighted by Crippen LogP contribution is 2.34. The Kier molecular flexibility index (Phi) is 4.89. The smallest absolute Gasteiger partial charge is 0.260 e. The molecule has 32 heavy (non-hydrogen) atoms. The minimum atomic E-state index is -0.735. The van der Waals surface area contributed by atoms with Crippen LogP contribution in [0.25, 0.3) is 11.3 Å². The van der Waals surface area contributed by atoms with Crippen LogP contribution in [0.1, 0.15) is 21.5 Å². The zero-order chi connectivity index (χ0) is 22.2. The van der Waals surface area contributed by atoms with E-state index in [9.17, 15) is 13.6 Å². The molecule has 8 heteroatoms. The predicted octanol–water partition coefficient (Wildman–Crippen LogP) is 4.71. The van der Waals surface area contributed by atoms with Crippen molar-refractivity contribution >= 4 is 5.91 Å². The van der Waals surface area contributed by atoms with E-state index in [4.69, 9.17) is 4.74 Å². The summed E-state index contributed by atoms with van der Waals surface area (Å²) in [7, 11) is 1.87. The molecule has 3 heterocycles. The molecule has 0 atom stereocenters. The van der Waals surface area contributed by atoms with E-state index in [2.05, 4.69) is 10.1 Å². The average molecular weight is 432 g/mol. The molecule has 0 radical (unpaired) electrons. The monoisotopic (exact) mass is 432 g/mol. The topological polar surface area (TPSA) is 60.2 Å². The summed E-state index contributed by atoms with van der Waals surface area (Å²) in [6.07, 6.45) is 3.37. The molecule has 0 spiro atoms. The van der Waals surface area contributed by atoms with Gasteiger partial charge < -0.3 is 9.64 Å². The lowest BCUT2D eigenvalue weighted by Crippen LogP contribution is -2.23. The SMILES string of the molecule is Cn1ccc(-c2ccc(CN3Cc4ccnc(Oc5cc(F)ccc5F)c4C3=O)cc2)n1. The van der Waals surface area contributed by atoms with E-state index in [-0.39, 0.29) is 23.1 Å². The summed E-state index contributed by atoms with van der Waals surface area (Å²) in [5, 5.41) is 4.39. The lowest BCUT2D eigenvalue weighted by molar-refractivity contribution is 0.0764. The highest BCUT2D eigenvalue weighted by Gasteiger charge is 2.32. The fourth-order valence-electron chi connectivity index (χ4n) is 3.71. The number of carbonyl (C=O) groups excluding carboxylic acids is 1. The molecule has 0 saturated carbocycles. The van der Waals surface area contributed by atoms with Gasteiger partial charge in [0, 0.05) is 44.2 Å². The number of aryl methyl sites for hydroxylation is 1. The second kappa shape index (κ2) is 7.88. The summed E-state index contributed by atoms with van der Waals surface area (Å²) in [6.45, 7) is 0.768. The molecule has 2 aromatic carbocycles. The van der Waals surface area contributed by atoms with E-state index in [0.717, 1.165) is 40.6 Å². The van der Waals surface area contributed by atoms with Crippen LogP contribution in [0.15, 0.2) is 67.0 Å². The van der Waals surface area contributed by atoms with Gasteiger partial charge in [0.05, 0.1) is 5.69 Å². The van der Waals surface area contributed by atoms with Gasteiger partial charge in [-0.25, -0.2) is 13.8 Å². The van der Waals surface area contributed by atoms with E-state index in [1.807, 2.05) is 43.6 Å². The third-order valence-corrected chi connectivity index (χ3v) is 5.30. The van der Waals surface area contributed by atoms with Crippen molar-refractivity contribution in [1.29, 1.82) is 0 Å². The van der Waals surface area contributed by atoms with Crippen LogP contribution in [0.5, 0.6) is 11.6 Å². The number of ether oxygens (including phenoxy) is 1. The van der Waals surface area contributed by atoms with Gasteiger partial charge in [-0.3, -0.25) is 9.48 Å². The zero-order valence-corrected chi connectivity index (χ0v) is 17.1. The van der Waals surface area contributed by atoms with Crippen LogP contribution in [0, 0.1) is 11.6 Å². The summed E-state index contributed by atoms with van der Waals surface area (Å²) in [5.74, 6) is -2.00. The normalized spacial score (nSPS) is 12.8. The van der Waals surface area contributed by atoms with Crippen LogP contribution >= 0.6 is 0 Å². The first kappa shape index (κ1) is 19.9. The van der Waals surface area contributed by atoms with Gasteiger partial charge in [0.25, 0.3) is 5.91 Å². The van der Waals surface area contributed by atoms with E-state index < -0.39 is 11.6 Å². The molecule has 1 aliphatic rings. The number of hydrogen-bond donors (Lipinski definition) is 0. The van der Waals surface area contributed by atoms with Gasteiger partial charge in [0.15, 0.2) is 11.6 Å². The number of benzene rings is 2. The Labute approximate surface area is 182 Å². The maximum atomic E-state index is 14.0. The van der Waals surface area contributed by atoms with Crippen molar-refractivity contribution in [1.82, 2.24) is 19.7 Å². The Bertz CT molecular complexity index is 1320. The molecule has 5 rings (SSSR count). The first-order chi connectivity index (χ1) is 15.5. The molecule has 0 bridgehead atoms. The van der Waals surface area contributed by atoms with Crippen LogP contribution in [-0.2, 0) is 20.1 Å². The third kappa shape index (κ3) is 3.71. The minimum absolute atomic E-state index is 0.0370. The molecule has 0 aliphatic carbocycles. The van der Waals surface area contributed by atoms with Crippen LogP contribution < -0.4 is 4.74 Å². The number of hydrogen-bond acceptors (Lipinski definition) is 4. The van der Waals surface area contributed by atoms with Gasteiger partial charge >= 0.3 is 0 Å². The maximum Gasteiger partial charge on any atom is 0.260 e. The molecular formula is C24H18F2N4O2. The summed E-state index contributed by atoms with van der Waals surface area (Å²) < 4.78 is 34.7. The number of nitrogens with zero attached hydrogens (tertiary/aromatic N) is 4. The minimum Gasteiger partial charge on any atom is -0.435 e. The van der Waals surface area contributed by atoms with Gasteiger partial charge in [-0.1, -0.05) is 24.3 Å². The molecule has 4 aromatic rings. The van der Waals surface area contributed by atoms with Crippen molar-refractivity contribution in [2.75, 3.05) is 0 Å². The fraction of sp³-hybridized carbons (Fsp3) is 0.125. The lowest BCUT2D eigenvalue weighted by atomic mass is 10.1. The van der Waals surface area contributed by atoms with E-state index in [0.29, 0.717) is 13.1 Å². The second-order valence-corrected chi connectivity index (χ2v) is 7.56. The first-order valence-corrected chi connectivity index (χ1v) is 9.97. The van der Waals surface area contributed by atoms with E-state index in [1.54, 1.807) is 15.6 Å². The summed E-state index contributed by atoms with van der Waals surface area (Å²) >= 11 is 0. The second-order valence-electron chi connectivity index (χ2n) is 7.56. The number of rotatable bonds is 5. The number of halogens is 2. The highest BCUT2D eigenvalue weighted by atomic mass is 19.1. The van der Waals surface area contributed by atoms with E-state index in [1.165, 1.54) is 6.20 Å². The van der Waals surface area contributed by atoms with Gasteiger partial charge in [0.1, 0.15) is 11.4 Å². The lowest BCUT2D eigenvalue weighted by Gasteiger charge is -2.16. The first-order valence-electron chi connectivity index (χ1n) is 9.97. The van der Waals surface area contributed by atoms with Crippen LogP contribution in [0.2, 0.25) is 0 Å². The van der Waals surface area contributed by atoms with Crippen molar-refractivity contribution in [3.05, 3.63) is 95.3 Å². The fourth-order valence-corrected chi connectivity index (χ4v) is 3.71. The highest BCUT2D eigenvalue weighted by molar-refractivity contribution is 6.00. The Hall–Kier alpha value is -4.07. The number of aromatic nitrogens is 3.